The predicted molar refractivity (Wildman–Crippen MR) is 325 cm³/mol. The molecule has 8 rings (SSSR count). The SMILES string of the molecule is O=C(c1cc(O)c(O)c(Br)c1)c1c(O)c(O)cc(Br)c1Br.O=C(c1cc(O)c(O)cc1Br)c1c(O)c(O)cc(Br)c1Br.O=C(c1cc(O)c(O)cc1Br)c1cc(Br)c(O)c(O)c1O.O=C(c1ccc(O)c(O)c1)c1cc(Br)c(O)c(O)c1O. The van der Waals surface area contributed by atoms with E-state index in [1.54, 1.807) is 0 Å². The molecule has 0 saturated carbocycles. The molecule has 8 aromatic rings. The average molecular weight is 1730 g/mol. The van der Waals surface area contributed by atoms with Gasteiger partial charge in [0.05, 0.1) is 35.7 Å². The van der Waals surface area contributed by atoms with Gasteiger partial charge in [-0.05, 0) is 222 Å². The molecule has 0 bridgehead atoms. The number of ketones is 4. The molecule has 0 fully saturated rings. The fourth-order valence-corrected chi connectivity index (χ4v) is 10.7. The monoisotopic (exact) mass is 1720 g/mol. The van der Waals surface area contributed by atoms with Gasteiger partial charge in [0, 0.05) is 49.1 Å². The number of rotatable bonds is 8. The third-order valence-electron chi connectivity index (χ3n) is 10.9. The van der Waals surface area contributed by atoms with Crippen LogP contribution >= 0.6 is 143 Å². The second-order valence-electron chi connectivity index (χ2n) is 16.2. The molecule has 8 aromatic carbocycles. The Morgan fingerprint density at radius 2 is 0.566 bits per heavy atom. The normalized spacial score (nSPS) is 10.6. The number of carbonyl (C=O) groups excluding carboxylic acids is 4. The molecule has 0 radical (unpaired) electrons. The molecule has 0 atom stereocenters. The Labute approximate surface area is 539 Å². The third-order valence-corrected chi connectivity index (χ3v) is 17.9. The van der Waals surface area contributed by atoms with Gasteiger partial charge in [-0.2, -0.15) is 0 Å². The summed E-state index contributed by atoms with van der Waals surface area (Å²) < 4.78 is 1.84. The first kappa shape index (κ1) is 67.0. The maximum Gasteiger partial charge on any atom is 0.202 e. The molecule has 83 heavy (non-hydrogen) atoms. The van der Waals surface area contributed by atoms with Crippen LogP contribution in [-0.2, 0) is 0 Å². The molecular formula is C52H31Br9O22. The van der Waals surface area contributed by atoms with Crippen molar-refractivity contribution >= 4 is 167 Å². The van der Waals surface area contributed by atoms with Gasteiger partial charge in [0.2, 0.25) is 11.5 Å². The zero-order chi connectivity index (χ0) is 62.7. The van der Waals surface area contributed by atoms with Crippen molar-refractivity contribution in [2.24, 2.45) is 0 Å². The standard InChI is InChI=1S/2C13H7Br3O5.C13H8Br2O6.C13H9BrO6/c14-5-2-8(18)7(17)1-4(5)12(20)10-11(16)6(15)3-9(19)13(10)21;14-5-3-8(18)13(21)9(10(5)16)11(19)4-1-6(15)12(20)7(17)2-4;14-6-3-9(17)8(16)2-4(6)10(18)5-1-7(15)12(20)13(21)11(5)19;14-7-4-6(11(18)13(20)12(7)19)10(17)5-1-2-8(15)9(16)3-5/h1-3,17-19,21H;1-3,17-18,20-21H;1-3,16-17,19-21H;1-4,15-16,18-20H. The molecule has 31 heteroatoms. The molecule has 0 aromatic heterocycles. The number of phenolic OH excluding ortho intramolecular Hbond substituents is 18. The Morgan fingerprint density at radius 3 is 0.988 bits per heavy atom. The van der Waals surface area contributed by atoms with Gasteiger partial charge in [-0.25, -0.2) is 0 Å². The molecular weight excluding hydrogens is 1700 g/mol. The first-order valence-electron chi connectivity index (χ1n) is 21.6. The van der Waals surface area contributed by atoms with Crippen molar-refractivity contribution in [2.75, 3.05) is 0 Å². The molecule has 0 amide bonds. The molecule has 0 aliphatic heterocycles. The summed E-state index contributed by atoms with van der Waals surface area (Å²) >= 11 is 27.6. The maximum atomic E-state index is 12.5. The van der Waals surface area contributed by atoms with Crippen LogP contribution in [0, 0.1) is 0 Å². The van der Waals surface area contributed by atoms with E-state index >= 15 is 0 Å². The van der Waals surface area contributed by atoms with Crippen LogP contribution in [0.25, 0.3) is 0 Å². The lowest BCUT2D eigenvalue weighted by molar-refractivity contribution is 0.102. The molecule has 18 N–H and O–H groups in total. The Hall–Kier alpha value is -6.84. The number of hydrogen-bond donors (Lipinski definition) is 18. The molecule has 22 nitrogen and oxygen atoms in total. The summed E-state index contributed by atoms with van der Waals surface area (Å²) in [7, 11) is 0. The van der Waals surface area contributed by atoms with E-state index in [2.05, 4.69) is 143 Å². The maximum absolute atomic E-state index is 12.5. The van der Waals surface area contributed by atoms with Gasteiger partial charge in [0.15, 0.2) is 115 Å². The number of hydrogen-bond acceptors (Lipinski definition) is 22. The van der Waals surface area contributed by atoms with E-state index in [9.17, 15) is 111 Å². The summed E-state index contributed by atoms with van der Waals surface area (Å²) in [6, 6.07) is 14.8. The van der Waals surface area contributed by atoms with E-state index < -0.39 is 115 Å². The van der Waals surface area contributed by atoms with Crippen molar-refractivity contribution in [3.63, 3.8) is 0 Å². The quantitative estimate of drug-likeness (QED) is 0.0496. The fraction of sp³-hybridized carbons (Fsp3) is 0. The zero-order valence-electron chi connectivity index (χ0n) is 40.1. The lowest BCUT2D eigenvalue weighted by Crippen LogP contribution is -2.04. The predicted octanol–water partition coefficient (Wildman–Crippen LogP) is 13.2. The van der Waals surface area contributed by atoms with Crippen LogP contribution < -0.4 is 0 Å². The average Bonchev–Trinajstić information content (AvgIpc) is 3.55. The molecule has 0 aliphatic carbocycles. The van der Waals surface area contributed by atoms with E-state index in [-0.39, 0.29) is 87.3 Å². The topological polar surface area (TPSA) is 432 Å². The third kappa shape index (κ3) is 14.6. The minimum absolute atomic E-state index is 0.00686. The molecule has 0 heterocycles. The van der Waals surface area contributed by atoms with Crippen LogP contribution in [0.1, 0.15) is 63.7 Å². The number of benzene rings is 8. The number of halogens is 9. The summed E-state index contributed by atoms with van der Waals surface area (Å²) in [5.74, 6) is -12.8. The lowest BCUT2D eigenvalue weighted by atomic mass is 10.0. The number of carbonyl (C=O) groups is 4. The van der Waals surface area contributed by atoms with Crippen LogP contribution in [0.15, 0.2) is 119 Å². The van der Waals surface area contributed by atoms with Crippen LogP contribution in [-0.4, -0.2) is 115 Å². The van der Waals surface area contributed by atoms with Crippen molar-refractivity contribution in [3.05, 3.63) is 164 Å². The van der Waals surface area contributed by atoms with Gasteiger partial charge in [-0.3, -0.25) is 19.2 Å². The van der Waals surface area contributed by atoms with Gasteiger partial charge in [-0.1, -0.05) is 0 Å². The van der Waals surface area contributed by atoms with Crippen molar-refractivity contribution in [1.82, 2.24) is 0 Å². The van der Waals surface area contributed by atoms with Gasteiger partial charge >= 0.3 is 0 Å². The summed E-state index contributed by atoms with van der Waals surface area (Å²) in [6.07, 6.45) is 0. The van der Waals surface area contributed by atoms with E-state index in [1.807, 2.05) is 0 Å². The molecule has 0 aliphatic rings. The van der Waals surface area contributed by atoms with Gasteiger partial charge in [-0.15, -0.1) is 0 Å². The Bertz CT molecular complexity index is 3930. The number of aromatic hydroxyl groups is 18. The van der Waals surface area contributed by atoms with Crippen LogP contribution in [0.5, 0.6) is 103 Å². The Morgan fingerprint density at radius 1 is 0.229 bits per heavy atom. The van der Waals surface area contributed by atoms with E-state index in [4.69, 9.17) is 0 Å². The van der Waals surface area contributed by atoms with Crippen LogP contribution in [0.3, 0.4) is 0 Å². The summed E-state index contributed by atoms with van der Waals surface area (Å²) in [6.45, 7) is 0. The molecule has 0 unspecified atom stereocenters. The smallest absolute Gasteiger partial charge is 0.202 e. The zero-order valence-corrected chi connectivity index (χ0v) is 54.4. The molecule has 0 spiro atoms. The van der Waals surface area contributed by atoms with E-state index in [0.717, 1.165) is 54.6 Å². The minimum Gasteiger partial charge on any atom is -0.504 e. The second-order valence-corrected chi connectivity index (χ2v) is 23.8. The highest BCUT2D eigenvalue weighted by molar-refractivity contribution is 9.13. The van der Waals surface area contributed by atoms with Gasteiger partial charge in [0.1, 0.15) is 0 Å². The van der Waals surface area contributed by atoms with E-state index in [0.29, 0.717) is 8.95 Å². The largest absolute Gasteiger partial charge is 0.504 e. The highest BCUT2D eigenvalue weighted by Gasteiger charge is 2.28. The lowest BCUT2D eigenvalue weighted by Gasteiger charge is -2.11. The van der Waals surface area contributed by atoms with E-state index in [1.165, 1.54) is 24.3 Å². The Kier molecular flexibility index (Phi) is 22.0. The summed E-state index contributed by atoms with van der Waals surface area (Å²) in [5, 5.41) is 172. The Balaban J connectivity index is 0.000000203. The van der Waals surface area contributed by atoms with Gasteiger partial charge in [0.25, 0.3) is 0 Å². The summed E-state index contributed by atoms with van der Waals surface area (Å²) in [4.78, 5) is 49.6. The van der Waals surface area contributed by atoms with Crippen molar-refractivity contribution < 1.29 is 111 Å². The van der Waals surface area contributed by atoms with Crippen molar-refractivity contribution in [2.45, 2.75) is 0 Å². The highest BCUT2D eigenvalue weighted by atomic mass is 79.9. The summed E-state index contributed by atoms with van der Waals surface area (Å²) in [5.41, 5.74) is -0.915. The fourth-order valence-electron chi connectivity index (χ4n) is 6.61. The minimum atomic E-state index is -0.841. The van der Waals surface area contributed by atoms with Crippen LogP contribution in [0.2, 0.25) is 0 Å². The molecule has 434 valence electrons. The van der Waals surface area contributed by atoms with Crippen molar-refractivity contribution in [3.8, 4) is 103 Å². The highest BCUT2D eigenvalue weighted by Crippen LogP contribution is 2.48. The number of phenols is 18. The first-order chi connectivity index (χ1) is 38.5. The van der Waals surface area contributed by atoms with Crippen LogP contribution in [0.4, 0.5) is 0 Å². The van der Waals surface area contributed by atoms with Gasteiger partial charge < -0.3 is 91.9 Å². The first-order valence-corrected chi connectivity index (χ1v) is 28.7. The van der Waals surface area contributed by atoms with Crippen molar-refractivity contribution in [1.29, 1.82) is 0 Å². The second kappa shape index (κ2) is 27.3. The molecule has 0 saturated heterocycles.